The summed E-state index contributed by atoms with van der Waals surface area (Å²) in [5.74, 6) is -0.135. The van der Waals surface area contributed by atoms with Crippen LogP contribution in [-0.4, -0.2) is 56.6 Å². The lowest BCUT2D eigenvalue weighted by atomic mass is 10.1. The number of carbonyl (C=O) groups is 2. The van der Waals surface area contributed by atoms with E-state index in [1.807, 2.05) is 70.1 Å². The molecule has 1 N–H and O–H groups in total. The van der Waals surface area contributed by atoms with Gasteiger partial charge in [0, 0.05) is 19.1 Å². The lowest BCUT2D eigenvalue weighted by Gasteiger charge is -2.25. The van der Waals surface area contributed by atoms with Gasteiger partial charge in [0.2, 0.25) is 5.91 Å². The maximum atomic E-state index is 13.5. The number of amides is 1. The number of nitrogens with zero attached hydrogens (tertiary/aromatic N) is 5. The van der Waals surface area contributed by atoms with Crippen molar-refractivity contribution in [3.63, 3.8) is 0 Å². The number of rotatable bonds is 11. The van der Waals surface area contributed by atoms with Crippen LogP contribution in [-0.2, 0) is 32.1 Å². The number of hydrogen-bond acceptors (Lipinski definition) is 8. The van der Waals surface area contributed by atoms with Crippen LogP contribution in [0.15, 0.2) is 73.3 Å². The highest BCUT2D eigenvalue weighted by Gasteiger charge is 2.34. The van der Waals surface area contributed by atoms with Gasteiger partial charge in [0.25, 0.3) is 0 Å². The number of hydrogen-bond donors (Lipinski definition) is 1. The first-order valence-electron chi connectivity index (χ1n) is 14.3. The van der Waals surface area contributed by atoms with E-state index in [9.17, 15) is 9.59 Å². The molecule has 1 saturated heterocycles. The SMILES string of the molecule is O=C(CN(c1ncnc2c1ncn2C1CCCCO1)C1CC1)N[C@@H](Cc1ccccc1)C(=O)OCc1ccccc1. The molecule has 2 aromatic heterocycles. The second-order valence-corrected chi connectivity index (χ2v) is 10.6. The van der Waals surface area contributed by atoms with Gasteiger partial charge in [-0.15, -0.1) is 0 Å². The summed E-state index contributed by atoms with van der Waals surface area (Å²) in [5, 5.41) is 2.95. The van der Waals surface area contributed by atoms with Crippen molar-refractivity contribution in [2.45, 2.75) is 63.4 Å². The van der Waals surface area contributed by atoms with Gasteiger partial charge in [0.05, 0.1) is 12.9 Å². The fraction of sp³-hybridized carbons (Fsp3) is 0.387. The molecule has 2 aromatic carbocycles. The Kier molecular flexibility index (Phi) is 8.18. The van der Waals surface area contributed by atoms with Crippen LogP contribution in [0, 0.1) is 0 Å². The highest BCUT2D eigenvalue weighted by molar-refractivity contribution is 5.90. The van der Waals surface area contributed by atoms with E-state index in [2.05, 4.69) is 20.3 Å². The number of fused-ring (bicyclic) bond motifs is 1. The van der Waals surface area contributed by atoms with Gasteiger partial charge in [-0.2, -0.15) is 0 Å². The number of imidazole rings is 1. The van der Waals surface area contributed by atoms with Crippen LogP contribution in [0.4, 0.5) is 5.82 Å². The summed E-state index contributed by atoms with van der Waals surface area (Å²) in [6, 6.07) is 18.5. The lowest BCUT2D eigenvalue weighted by molar-refractivity contribution is -0.149. The summed E-state index contributed by atoms with van der Waals surface area (Å²) in [6.45, 7) is 0.900. The van der Waals surface area contributed by atoms with Crippen LogP contribution in [0.3, 0.4) is 0 Å². The van der Waals surface area contributed by atoms with Crippen molar-refractivity contribution in [3.05, 3.63) is 84.4 Å². The summed E-state index contributed by atoms with van der Waals surface area (Å²) in [4.78, 5) is 42.3. The van der Waals surface area contributed by atoms with Crippen molar-refractivity contribution in [2.24, 2.45) is 0 Å². The Bertz CT molecular complexity index is 1470. The van der Waals surface area contributed by atoms with Crippen molar-refractivity contribution in [2.75, 3.05) is 18.1 Å². The van der Waals surface area contributed by atoms with Gasteiger partial charge in [-0.25, -0.2) is 19.7 Å². The third kappa shape index (κ3) is 6.54. The molecule has 1 unspecified atom stereocenters. The standard InChI is InChI=1S/C31H34N6O4/c38-26(35-25(17-22-9-3-1-4-10-22)31(39)41-19-23-11-5-2-6-12-23)18-36(24-14-15-24)29-28-30(33-20-32-29)37(21-34-28)27-13-7-8-16-40-27/h1-6,9-12,20-21,24-25,27H,7-8,13-19H2,(H,35,38)/t25-,27?/m0/s1. The Morgan fingerprint density at radius 1 is 0.976 bits per heavy atom. The van der Waals surface area contributed by atoms with Crippen LogP contribution >= 0.6 is 0 Å². The largest absolute Gasteiger partial charge is 0.459 e. The third-order valence-electron chi connectivity index (χ3n) is 7.51. The number of ether oxygens (including phenoxy) is 2. The monoisotopic (exact) mass is 554 g/mol. The van der Waals surface area contributed by atoms with Crippen LogP contribution in [0.1, 0.15) is 49.5 Å². The first-order valence-corrected chi connectivity index (χ1v) is 14.3. The maximum Gasteiger partial charge on any atom is 0.329 e. The van der Waals surface area contributed by atoms with E-state index in [1.54, 1.807) is 6.33 Å². The molecule has 1 aliphatic heterocycles. The molecule has 10 heteroatoms. The molecule has 1 amide bonds. The molecule has 0 radical (unpaired) electrons. The van der Waals surface area contributed by atoms with E-state index in [0.29, 0.717) is 30.0 Å². The molecular weight excluding hydrogens is 520 g/mol. The summed E-state index contributed by atoms with van der Waals surface area (Å²) in [6.07, 6.45) is 8.46. The van der Waals surface area contributed by atoms with E-state index < -0.39 is 12.0 Å². The molecule has 212 valence electrons. The van der Waals surface area contributed by atoms with Gasteiger partial charge in [-0.3, -0.25) is 9.36 Å². The normalized spacial score (nSPS) is 17.6. The average Bonchev–Trinajstić information content (AvgIpc) is 3.77. The molecule has 2 aliphatic rings. The van der Waals surface area contributed by atoms with Crippen molar-refractivity contribution >= 4 is 28.9 Å². The van der Waals surface area contributed by atoms with E-state index in [4.69, 9.17) is 9.47 Å². The molecule has 2 atom stereocenters. The first-order chi connectivity index (χ1) is 20.2. The summed E-state index contributed by atoms with van der Waals surface area (Å²) in [7, 11) is 0. The highest BCUT2D eigenvalue weighted by atomic mass is 16.5. The molecule has 6 rings (SSSR count). The molecule has 1 aliphatic carbocycles. The molecule has 0 bridgehead atoms. The predicted molar refractivity (Wildman–Crippen MR) is 153 cm³/mol. The number of carbonyl (C=O) groups excluding carboxylic acids is 2. The van der Waals surface area contributed by atoms with Crippen molar-refractivity contribution < 1.29 is 19.1 Å². The van der Waals surface area contributed by atoms with Crippen LogP contribution in [0.2, 0.25) is 0 Å². The Hall–Kier alpha value is -4.31. The van der Waals surface area contributed by atoms with Gasteiger partial charge in [-0.05, 0) is 43.2 Å². The number of esters is 1. The fourth-order valence-corrected chi connectivity index (χ4v) is 5.23. The zero-order valence-corrected chi connectivity index (χ0v) is 22.9. The molecule has 4 aromatic rings. The average molecular weight is 555 g/mol. The maximum absolute atomic E-state index is 13.5. The first kappa shape index (κ1) is 26.9. The van der Waals surface area contributed by atoms with Gasteiger partial charge in [0.15, 0.2) is 17.0 Å². The number of benzene rings is 2. The minimum absolute atomic E-state index is 0.0425. The molecule has 3 heterocycles. The predicted octanol–water partition coefficient (Wildman–Crippen LogP) is 3.97. The van der Waals surface area contributed by atoms with Crippen LogP contribution < -0.4 is 10.2 Å². The van der Waals surface area contributed by atoms with Gasteiger partial charge < -0.3 is 19.7 Å². The van der Waals surface area contributed by atoms with E-state index in [-0.39, 0.29) is 31.3 Å². The van der Waals surface area contributed by atoms with Crippen molar-refractivity contribution in [1.29, 1.82) is 0 Å². The second-order valence-electron chi connectivity index (χ2n) is 10.6. The van der Waals surface area contributed by atoms with Crippen molar-refractivity contribution in [1.82, 2.24) is 24.8 Å². The molecule has 2 fully saturated rings. The third-order valence-corrected chi connectivity index (χ3v) is 7.51. The minimum Gasteiger partial charge on any atom is -0.459 e. The van der Waals surface area contributed by atoms with Crippen LogP contribution in [0.5, 0.6) is 0 Å². The highest BCUT2D eigenvalue weighted by Crippen LogP contribution is 2.34. The summed E-state index contributed by atoms with van der Waals surface area (Å²) >= 11 is 0. The molecule has 10 nitrogen and oxygen atoms in total. The smallest absolute Gasteiger partial charge is 0.329 e. The molecular formula is C31H34N6O4. The Labute approximate surface area is 238 Å². The minimum atomic E-state index is -0.831. The summed E-state index contributed by atoms with van der Waals surface area (Å²) in [5.41, 5.74) is 3.15. The Morgan fingerprint density at radius 3 is 2.44 bits per heavy atom. The number of nitrogens with one attached hydrogen (secondary N) is 1. The van der Waals surface area contributed by atoms with Crippen molar-refractivity contribution in [3.8, 4) is 0 Å². The lowest BCUT2D eigenvalue weighted by Crippen LogP contribution is -2.48. The van der Waals surface area contributed by atoms with E-state index in [0.717, 1.165) is 43.2 Å². The summed E-state index contributed by atoms with van der Waals surface area (Å²) < 4.78 is 13.5. The van der Waals surface area contributed by atoms with Crippen LogP contribution in [0.25, 0.3) is 11.2 Å². The molecule has 0 spiro atoms. The van der Waals surface area contributed by atoms with Gasteiger partial charge in [0.1, 0.15) is 25.2 Å². The van der Waals surface area contributed by atoms with Gasteiger partial charge in [-0.1, -0.05) is 60.7 Å². The molecule has 1 saturated carbocycles. The Balaban J connectivity index is 1.19. The van der Waals surface area contributed by atoms with Gasteiger partial charge >= 0.3 is 5.97 Å². The second kappa shape index (κ2) is 12.5. The Morgan fingerprint density at radius 2 is 1.73 bits per heavy atom. The number of anilines is 1. The zero-order valence-electron chi connectivity index (χ0n) is 22.9. The quantitative estimate of drug-likeness (QED) is 0.277. The van der Waals surface area contributed by atoms with E-state index in [1.165, 1.54) is 6.33 Å². The molecule has 41 heavy (non-hydrogen) atoms. The van der Waals surface area contributed by atoms with E-state index >= 15 is 0 Å². The number of aromatic nitrogens is 4. The fourth-order valence-electron chi connectivity index (χ4n) is 5.23. The zero-order chi connectivity index (χ0) is 28.0. The topological polar surface area (TPSA) is 111 Å².